The third-order valence-corrected chi connectivity index (χ3v) is 5.65. The Labute approximate surface area is 154 Å². The highest BCUT2D eigenvalue weighted by Crippen LogP contribution is 2.41. The summed E-state index contributed by atoms with van der Waals surface area (Å²) in [4.78, 5) is 15.1. The molecule has 4 heterocycles. The number of fused-ring (bicyclic) bond motifs is 1. The number of rotatable bonds is 3. The Balaban J connectivity index is 1.91. The summed E-state index contributed by atoms with van der Waals surface area (Å²) in [5.74, 6) is 0.213. The lowest BCUT2D eigenvalue weighted by atomic mass is 9.86. The van der Waals surface area contributed by atoms with E-state index in [2.05, 4.69) is 19.9 Å². The van der Waals surface area contributed by atoms with Crippen molar-refractivity contribution < 1.29 is 13.9 Å². The highest BCUT2D eigenvalue weighted by molar-refractivity contribution is 7.98. The van der Waals surface area contributed by atoms with Crippen LogP contribution in [0.3, 0.4) is 0 Å². The van der Waals surface area contributed by atoms with Crippen molar-refractivity contribution in [3.63, 3.8) is 0 Å². The Kier molecular flexibility index (Phi) is 4.37. The van der Waals surface area contributed by atoms with Crippen LogP contribution in [0.25, 0.3) is 10.9 Å². The van der Waals surface area contributed by atoms with E-state index in [1.807, 2.05) is 6.26 Å². The molecule has 2 saturated heterocycles. The van der Waals surface area contributed by atoms with E-state index < -0.39 is 5.82 Å². The first-order chi connectivity index (χ1) is 12.1. The minimum atomic E-state index is -0.650. The second kappa shape index (κ2) is 6.41. The van der Waals surface area contributed by atoms with E-state index >= 15 is 0 Å². The minimum absolute atomic E-state index is 0.110. The predicted octanol–water partition coefficient (Wildman–Crippen LogP) is 3.31. The molecule has 2 aromatic heterocycles. The quantitative estimate of drug-likeness (QED) is 0.457. The van der Waals surface area contributed by atoms with Gasteiger partial charge in [-0.1, -0.05) is 23.4 Å². The largest absolute Gasteiger partial charge is 0.480 e. The molecule has 0 bridgehead atoms. The molecule has 6 nitrogen and oxygen atoms in total. The normalized spacial score (nSPS) is 23.1. The third kappa shape index (κ3) is 2.80. The van der Waals surface area contributed by atoms with Gasteiger partial charge in [0, 0.05) is 19.5 Å². The fourth-order valence-electron chi connectivity index (χ4n) is 3.54. The zero-order valence-corrected chi connectivity index (χ0v) is 15.6. The molecule has 1 unspecified atom stereocenters. The number of hydrogen-bond donors (Lipinski definition) is 0. The van der Waals surface area contributed by atoms with E-state index in [1.165, 1.54) is 18.9 Å². The maximum Gasteiger partial charge on any atom is 0.228 e. The van der Waals surface area contributed by atoms with Crippen LogP contribution in [-0.2, 0) is 4.74 Å². The first kappa shape index (κ1) is 17.1. The van der Waals surface area contributed by atoms with Crippen LogP contribution in [0.5, 0.6) is 5.88 Å². The number of nitrogens with zero attached hydrogens (tertiary/aromatic N) is 4. The lowest BCUT2D eigenvalue weighted by molar-refractivity contribution is -0.151. The molecule has 4 rings (SSSR count). The summed E-state index contributed by atoms with van der Waals surface area (Å²) < 4.78 is 25.8. The molecule has 1 atom stereocenters. The molecule has 9 heteroatoms. The van der Waals surface area contributed by atoms with E-state index in [4.69, 9.17) is 21.1 Å². The molecule has 1 spiro atoms. The van der Waals surface area contributed by atoms with Gasteiger partial charge in [-0.2, -0.15) is 4.98 Å². The molecule has 0 radical (unpaired) electrons. The summed E-state index contributed by atoms with van der Waals surface area (Å²) in [7, 11) is 1.48. The van der Waals surface area contributed by atoms with Gasteiger partial charge in [-0.25, -0.2) is 14.4 Å². The molecule has 2 aliphatic rings. The van der Waals surface area contributed by atoms with Crippen LogP contribution in [0.4, 0.5) is 10.2 Å². The van der Waals surface area contributed by atoms with Crippen molar-refractivity contribution in [3.8, 4) is 5.88 Å². The molecule has 2 fully saturated rings. The number of hydrogen-bond acceptors (Lipinski definition) is 7. The number of ether oxygens (including phenoxy) is 2. The summed E-state index contributed by atoms with van der Waals surface area (Å²) in [6, 6.07) is 0. The maximum absolute atomic E-state index is 14.6. The van der Waals surface area contributed by atoms with Gasteiger partial charge in [-0.3, -0.25) is 0 Å². The van der Waals surface area contributed by atoms with Crippen LogP contribution in [0.2, 0.25) is 5.15 Å². The molecule has 2 aromatic rings. The van der Waals surface area contributed by atoms with Gasteiger partial charge in [-0.15, -0.1) is 0 Å². The highest BCUT2D eigenvalue weighted by atomic mass is 35.5. The van der Waals surface area contributed by atoms with Crippen molar-refractivity contribution >= 4 is 40.1 Å². The van der Waals surface area contributed by atoms with Crippen LogP contribution >= 0.6 is 23.4 Å². The molecule has 0 aromatic carbocycles. The monoisotopic (exact) mass is 384 g/mol. The van der Waals surface area contributed by atoms with Crippen molar-refractivity contribution in [1.82, 2.24) is 15.0 Å². The van der Waals surface area contributed by atoms with Crippen LogP contribution in [0, 0.1) is 5.82 Å². The van der Waals surface area contributed by atoms with Gasteiger partial charge in [0.05, 0.1) is 19.3 Å². The predicted molar refractivity (Wildman–Crippen MR) is 95.4 cm³/mol. The summed E-state index contributed by atoms with van der Waals surface area (Å²) in [5.41, 5.74) is 0.0288. The summed E-state index contributed by atoms with van der Waals surface area (Å²) in [5, 5.41) is 0.692. The molecule has 0 N–H and O–H groups in total. The molecule has 25 heavy (non-hydrogen) atoms. The number of thioether (sulfide) groups is 1. The molecular weight excluding hydrogens is 367 g/mol. The number of anilines is 1. The van der Waals surface area contributed by atoms with Crippen molar-refractivity contribution in [2.45, 2.75) is 30.0 Å². The zero-order chi connectivity index (χ0) is 17.6. The lowest BCUT2D eigenvalue weighted by Crippen LogP contribution is -2.56. The van der Waals surface area contributed by atoms with E-state index in [-0.39, 0.29) is 22.2 Å². The molecule has 2 aliphatic heterocycles. The second-order valence-electron chi connectivity index (χ2n) is 6.29. The van der Waals surface area contributed by atoms with Crippen LogP contribution in [0.15, 0.2) is 5.16 Å². The fraction of sp³-hybridized carbons (Fsp3) is 0.562. The number of pyridine rings is 1. The SMILES string of the molecule is COc1nc(Cl)c(F)c2nc(SC)nc(N3CCCC4(CCO4)C3)c12. The molecular formula is C16H18ClFN4O2S. The van der Waals surface area contributed by atoms with Crippen molar-refractivity contribution in [2.75, 3.05) is 38.0 Å². The molecule has 134 valence electrons. The van der Waals surface area contributed by atoms with Gasteiger partial charge >= 0.3 is 0 Å². The molecule has 0 aliphatic carbocycles. The van der Waals surface area contributed by atoms with E-state index in [0.29, 0.717) is 16.4 Å². The van der Waals surface area contributed by atoms with Gasteiger partial charge < -0.3 is 14.4 Å². The summed E-state index contributed by atoms with van der Waals surface area (Å²) in [6.07, 6.45) is 4.93. The fourth-order valence-corrected chi connectivity index (χ4v) is 4.06. The molecule has 0 amide bonds. The number of methoxy groups -OCH3 is 1. The Bertz CT molecular complexity index is 834. The topological polar surface area (TPSA) is 60.4 Å². The number of aromatic nitrogens is 3. The van der Waals surface area contributed by atoms with E-state index in [0.717, 1.165) is 39.0 Å². The number of piperidine rings is 1. The summed E-state index contributed by atoms with van der Waals surface area (Å²) >= 11 is 7.27. The van der Waals surface area contributed by atoms with Crippen molar-refractivity contribution in [2.24, 2.45) is 0 Å². The van der Waals surface area contributed by atoms with E-state index in [1.54, 1.807) is 0 Å². The maximum atomic E-state index is 14.6. The van der Waals surface area contributed by atoms with Gasteiger partial charge in [0.2, 0.25) is 5.88 Å². The van der Waals surface area contributed by atoms with E-state index in [9.17, 15) is 4.39 Å². The standard InChI is InChI=1S/C16H18ClFN4O2S/c1-23-14-9-11(10(18)12(17)20-14)19-15(25-2)21-13(9)22-6-3-4-16(8-22)5-7-24-16/h3-8H2,1-2H3. The van der Waals surface area contributed by atoms with Gasteiger partial charge in [0.15, 0.2) is 16.1 Å². The Hall–Kier alpha value is -1.38. The van der Waals surface area contributed by atoms with Crippen LogP contribution in [-0.4, -0.2) is 53.6 Å². The van der Waals surface area contributed by atoms with Crippen LogP contribution in [0.1, 0.15) is 19.3 Å². The van der Waals surface area contributed by atoms with Crippen molar-refractivity contribution in [1.29, 1.82) is 0 Å². The smallest absolute Gasteiger partial charge is 0.228 e. The average molecular weight is 385 g/mol. The first-order valence-corrected chi connectivity index (χ1v) is 9.71. The van der Waals surface area contributed by atoms with Gasteiger partial charge in [0.25, 0.3) is 0 Å². The highest BCUT2D eigenvalue weighted by Gasteiger charge is 2.43. The molecule has 0 saturated carbocycles. The Morgan fingerprint density at radius 3 is 2.76 bits per heavy atom. The van der Waals surface area contributed by atoms with Gasteiger partial charge in [0.1, 0.15) is 16.7 Å². The Morgan fingerprint density at radius 1 is 1.32 bits per heavy atom. The first-order valence-electron chi connectivity index (χ1n) is 8.10. The van der Waals surface area contributed by atoms with Gasteiger partial charge in [-0.05, 0) is 19.1 Å². The van der Waals surface area contributed by atoms with Crippen LogP contribution < -0.4 is 9.64 Å². The third-order valence-electron chi connectivity index (χ3n) is 4.85. The average Bonchev–Trinajstić information content (AvgIpc) is 2.62. The second-order valence-corrected chi connectivity index (χ2v) is 7.42. The number of halogens is 2. The Morgan fingerprint density at radius 2 is 2.12 bits per heavy atom. The summed E-state index contributed by atoms with van der Waals surface area (Å²) in [6.45, 7) is 2.34. The van der Waals surface area contributed by atoms with Crippen molar-refractivity contribution in [3.05, 3.63) is 11.0 Å². The lowest BCUT2D eigenvalue weighted by Gasteiger charge is -2.48. The minimum Gasteiger partial charge on any atom is -0.480 e. The zero-order valence-electron chi connectivity index (χ0n) is 14.0.